The Kier molecular flexibility index (Phi) is 3.12. The van der Waals surface area contributed by atoms with Crippen LogP contribution in [0.4, 0.5) is 0 Å². The van der Waals surface area contributed by atoms with Gasteiger partial charge in [0.2, 0.25) is 0 Å². The molecule has 1 aromatic heterocycles. The molecule has 0 bridgehead atoms. The SMILES string of the molecule is CC(I)c1nc(-c2ccccc2)ns1. The van der Waals surface area contributed by atoms with Crippen LogP contribution in [0.25, 0.3) is 11.4 Å². The molecule has 2 rings (SSSR count). The fourth-order valence-corrected chi connectivity index (χ4v) is 2.18. The maximum absolute atomic E-state index is 4.48. The fourth-order valence-electron chi connectivity index (χ4n) is 1.10. The Labute approximate surface area is 101 Å². The topological polar surface area (TPSA) is 25.8 Å². The third kappa shape index (κ3) is 2.12. The molecule has 72 valence electrons. The summed E-state index contributed by atoms with van der Waals surface area (Å²) in [5.74, 6) is 0.842. The van der Waals surface area contributed by atoms with E-state index in [4.69, 9.17) is 0 Å². The summed E-state index contributed by atoms with van der Waals surface area (Å²) in [5, 5.41) is 1.09. The minimum absolute atomic E-state index is 0.433. The van der Waals surface area contributed by atoms with Gasteiger partial charge in [0.05, 0.1) is 3.92 Å². The molecule has 0 aliphatic heterocycles. The normalized spacial score (nSPS) is 12.7. The second-order valence-electron chi connectivity index (χ2n) is 2.94. The average Bonchev–Trinajstić information content (AvgIpc) is 2.68. The molecule has 0 N–H and O–H groups in total. The zero-order valence-electron chi connectivity index (χ0n) is 7.64. The van der Waals surface area contributed by atoms with Crippen LogP contribution in [0.3, 0.4) is 0 Å². The van der Waals surface area contributed by atoms with Crippen molar-refractivity contribution in [2.24, 2.45) is 0 Å². The number of rotatable bonds is 2. The molecule has 2 nitrogen and oxygen atoms in total. The van der Waals surface area contributed by atoms with Crippen LogP contribution in [0.2, 0.25) is 0 Å². The molecular weight excluding hydrogens is 307 g/mol. The Balaban J connectivity index is 2.34. The Bertz CT molecular complexity index is 411. The summed E-state index contributed by atoms with van der Waals surface area (Å²) in [4.78, 5) is 4.48. The Morgan fingerprint density at radius 3 is 2.57 bits per heavy atom. The van der Waals surface area contributed by atoms with Crippen LogP contribution in [-0.2, 0) is 0 Å². The zero-order valence-corrected chi connectivity index (χ0v) is 10.6. The minimum Gasteiger partial charge on any atom is -0.219 e. The highest BCUT2D eigenvalue weighted by Gasteiger charge is 2.09. The molecule has 0 spiro atoms. The molecule has 4 heteroatoms. The summed E-state index contributed by atoms with van der Waals surface area (Å²) in [7, 11) is 0. The summed E-state index contributed by atoms with van der Waals surface area (Å²) < 4.78 is 4.77. The predicted molar refractivity (Wildman–Crippen MR) is 67.8 cm³/mol. The lowest BCUT2D eigenvalue weighted by Crippen LogP contribution is -1.83. The standard InChI is InChI=1S/C10H9IN2S/c1-7(11)10-12-9(13-14-10)8-5-3-2-4-6-8/h2-7H,1H3. The third-order valence-electron chi connectivity index (χ3n) is 1.81. The predicted octanol–water partition coefficient (Wildman–Crippen LogP) is 3.70. The van der Waals surface area contributed by atoms with Crippen LogP contribution in [0.15, 0.2) is 30.3 Å². The Morgan fingerprint density at radius 2 is 2.00 bits per heavy atom. The van der Waals surface area contributed by atoms with Crippen molar-refractivity contribution >= 4 is 34.1 Å². The van der Waals surface area contributed by atoms with E-state index in [1.54, 1.807) is 0 Å². The highest BCUT2D eigenvalue weighted by atomic mass is 127. The largest absolute Gasteiger partial charge is 0.219 e. The molecule has 0 saturated carbocycles. The van der Waals surface area contributed by atoms with E-state index in [0.717, 1.165) is 16.4 Å². The van der Waals surface area contributed by atoms with E-state index in [-0.39, 0.29) is 0 Å². The molecule has 0 fully saturated rings. The van der Waals surface area contributed by atoms with Gasteiger partial charge in [-0.25, -0.2) is 4.98 Å². The quantitative estimate of drug-likeness (QED) is 0.624. The van der Waals surface area contributed by atoms with Crippen molar-refractivity contribution in [3.63, 3.8) is 0 Å². The number of nitrogens with zero attached hydrogens (tertiary/aromatic N) is 2. The van der Waals surface area contributed by atoms with Gasteiger partial charge in [0, 0.05) is 5.56 Å². The van der Waals surface area contributed by atoms with Gasteiger partial charge in [-0.3, -0.25) is 0 Å². The van der Waals surface area contributed by atoms with E-state index in [9.17, 15) is 0 Å². The molecule has 1 heterocycles. The summed E-state index contributed by atoms with van der Waals surface area (Å²) in [6, 6.07) is 10.1. The molecule has 1 atom stereocenters. The molecule has 1 aromatic carbocycles. The summed E-state index contributed by atoms with van der Waals surface area (Å²) >= 11 is 3.83. The monoisotopic (exact) mass is 316 g/mol. The first-order chi connectivity index (χ1) is 6.77. The number of alkyl halides is 1. The number of hydrogen-bond acceptors (Lipinski definition) is 3. The number of benzene rings is 1. The van der Waals surface area contributed by atoms with Gasteiger partial charge < -0.3 is 0 Å². The zero-order chi connectivity index (χ0) is 9.97. The van der Waals surface area contributed by atoms with Gasteiger partial charge in [-0.2, -0.15) is 4.37 Å². The van der Waals surface area contributed by atoms with Gasteiger partial charge in [-0.1, -0.05) is 52.9 Å². The van der Waals surface area contributed by atoms with E-state index in [2.05, 4.69) is 38.9 Å². The van der Waals surface area contributed by atoms with Crippen molar-refractivity contribution in [3.8, 4) is 11.4 Å². The lowest BCUT2D eigenvalue weighted by Gasteiger charge is -1.94. The Hall–Kier alpha value is -0.490. The van der Waals surface area contributed by atoms with Crippen LogP contribution in [-0.4, -0.2) is 9.36 Å². The first-order valence-electron chi connectivity index (χ1n) is 4.30. The lowest BCUT2D eigenvalue weighted by atomic mass is 10.2. The molecule has 0 saturated heterocycles. The highest BCUT2D eigenvalue weighted by molar-refractivity contribution is 14.1. The van der Waals surface area contributed by atoms with E-state index in [0.29, 0.717) is 3.92 Å². The highest BCUT2D eigenvalue weighted by Crippen LogP contribution is 2.26. The van der Waals surface area contributed by atoms with Gasteiger partial charge >= 0.3 is 0 Å². The van der Waals surface area contributed by atoms with Crippen molar-refractivity contribution in [1.29, 1.82) is 0 Å². The van der Waals surface area contributed by atoms with Crippen molar-refractivity contribution < 1.29 is 0 Å². The van der Waals surface area contributed by atoms with Gasteiger partial charge in [0.1, 0.15) is 5.01 Å². The second-order valence-corrected chi connectivity index (χ2v) is 5.59. The number of hydrogen-bond donors (Lipinski definition) is 0. The fraction of sp³-hybridized carbons (Fsp3) is 0.200. The molecule has 14 heavy (non-hydrogen) atoms. The van der Waals surface area contributed by atoms with Gasteiger partial charge in [0.25, 0.3) is 0 Å². The van der Waals surface area contributed by atoms with E-state index in [1.807, 2.05) is 30.3 Å². The molecule has 0 aliphatic rings. The molecule has 2 aromatic rings. The average molecular weight is 316 g/mol. The van der Waals surface area contributed by atoms with Crippen LogP contribution in [0.1, 0.15) is 15.9 Å². The molecular formula is C10H9IN2S. The molecule has 0 radical (unpaired) electrons. The lowest BCUT2D eigenvalue weighted by molar-refractivity contribution is 1.10. The van der Waals surface area contributed by atoms with Gasteiger partial charge in [0.15, 0.2) is 5.82 Å². The maximum Gasteiger partial charge on any atom is 0.173 e. The van der Waals surface area contributed by atoms with E-state index in [1.165, 1.54) is 11.5 Å². The molecule has 0 amide bonds. The molecule has 1 unspecified atom stereocenters. The van der Waals surface area contributed by atoms with Crippen LogP contribution in [0.5, 0.6) is 0 Å². The summed E-state index contributed by atoms with van der Waals surface area (Å²) in [6.45, 7) is 2.12. The second kappa shape index (κ2) is 4.35. The summed E-state index contributed by atoms with van der Waals surface area (Å²) in [5.41, 5.74) is 1.09. The number of halogens is 1. The van der Waals surface area contributed by atoms with Crippen LogP contribution >= 0.6 is 34.1 Å². The third-order valence-corrected chi connectivity index (χ3v) is 3.72. The Morgan fingerprint density at radius 1 is 1.29 bits per heavy atom. The van der Waals surface area contributed by atoms with Crippen molar-refractivity contribution in [1.82, 2.24) is 9.36 Å². The van der Waals surface area contributed by atoms with Gasteiger partial charge in [-0.05, 0) is 18.5 Å². The smallest absolute Gasteiger partial charge is 0.173 e. The summed E-state index contributed by atoms with van der Waals surface area (Å²) in [6.07, 6.45) is 0. The van der Waals surface area contributed by atoms with Crippen molar-refractivity contribution in [2.75, 3.05) is 0 Å². The van der Waals surface area contributed by atoms with Crippen molar-refractivity contribution in [2.45, 2.75) is 10.8 Å². The number of aromatic nitrogens is 2. The maximum atomic E-state index is 4.48. The first kappa shape index (κ1) is 10.0. The minimum atomic E-state index is 0.433. The molecule has 0 aliphatic carbocycles. The van der Waals surface area contributed by atoms with E-state index >= 15 is 0 Å². The van der Waals surface area contributed by atoms with E-state index < -0.39 is 0 Å². The van der Waals surface area contributed by atoms with Crippen LogP contribution in [0, 0.1) is 0 Å². The van der Waals surface area contributed by atoms with Crippen LogP contribution < -0.4 is 0 Å². The van der Waals surface area contributed by atoms with Gasteiger partial charge in [-0.15, -0.1) is 0 Å². The first-order valence-corrected chi connectivity index (χ1v) is 6.32. The van der Waals surface area contributed by atoms with Crippen molar-refractivity contribution in [3.05, 3.63) is 35.3 Å².